The number of carbonyl (C=O) groups is 1. The first-order valence-electron chi connectivity index (χ1n) is 8.32. The lowest BCUT2D eigenvalue weighted by Gasteiger charge is -2.29. The summed E-state index contributed by atoms with van der Waals surface area (Å²) in [7, 11) is -3.78. The molecule has 3 rings (SSSR count). The highest BCUT2D eigenvalue weighted by Gasteiger charge is 2.30. The van der Waals surface area contributed by atoms with Crippen molar-refractivity contribution < 1.29 is 22.7 Å². The van der Waals surface area contributed by atoms with E-state index in [1.54, 1.807) is 24.3 Å². The summed E-state index contributed by atoms with van der Waals surface area (Å²) in [5.41, 5.74) is 0.577. The molecule has 1 atom stereocenters. The molecule has 7 nitrogen and oxygen atoms in total. The van der Waals surface area contributed by atoms with Crippen LogP contribution in [0.1, 0.15) is 6.92 Å². The maximum atomic E-state index is 12.8. The molecule has 150 valence electrons. The summed E-state index contributed by atoms with van der Waals surface area (Å²) >= 11 is 12.0. The summed E-state index contributed by atoms with van der Waals surface area (Å²) in [6, 6.07) is 8.26. The molecule has 0 spiro atoms. The van der Waals surface area contributed by atoms with Gasteiger partial charge in [-0.15, -0.1) is 0 Å². The largest absolute Gasteiger partial charge is 0.486 e. The lowest BCUT2D eigenvalue weighted by molar-refractivity contribution is -0.116. The van der Waals surface area contributed by atoms with Gasteiger partial charge in [0.2, 0.25) is 15.9 Å². The van der Waals surface area contributed by atoms with E-state index in [9.17, 15) is 13.2 Å². The van der Waals surface area contributed by atoms with Crippen molar-refractivity contribution >= 4 is 50.5 Å². The van der Waals surface area contributed by atoms with Gasteiger partial charge in [0.15, 0.2) is 11.5 Å². The molecular formula is C18H18Cl2N2O5S. The molecule has 10 heteroatoms. The average molecular weight is 445 g/mol. The Morgan fingerprint density at radius 3 is 2.46 bits per heavy atom. The summed E-state index contributed by atoms with van der Waals surface area (Å²) in [5.74, 6) is 0.374. The van der Waals surface area contributed by atoms with E-state index < -0.39 is 22.0 Å². The molecule has 0 bridgehead atoms. The first-order valence-corrected chi connectivity index (χ1v) is 10.9. The highest BCUT2D eigenvalue weighted by atomic mass is 35.5. The number of nitrogens with one attached hydrogen (secondary N) is 1. The van der Waals surface area contributed by atoms with Crippen molar-refractivity contribution in [2.45, 2.75) is 13.0 Å². The van der Waals surface area contributed by atoms with Gasteiger partial charge in [-0.2, -0.15) is 0 Å². The van der Waals surface area contributed by atoms with E-state index in [4.69, 9.17) is 32.7 Å². The minimum atomic E-state index is -3.78. The first kappa shape index (κ1) is 20.6. The van der Waals surface area contributed by atoms with Crippen LogP contribution in [-0.4, -0.2) is 39.8 Å². The van der Waals surface area contributed by atoms with Crippen LogP contribution in [0.3, 0.4) is 0 Å². The van der Waals surface area contributed by atoms with E-state index in [2.05, 4.69) is 5.32 Å². The maximum Gasteiger partial charge on any atom is 0.248 e. The fraction of sp³-hybridized carbons (Fsp3) is 0.278. The second-order valence-corrected chi connectivity index (χ2v) is 8.88. The molecule has 1 aliphatic heterocycles. The molecule has 0 saturated heterocycles. The number of fused-ring (bicyclic) bond motifs is 1. The lowest BCUT2D eigenvalue weighted by atomic mass is 10.2. The van der Waals surface area contributed by atoms with Crippen molar-refractivity contribution in [2.24, 2.45) is 0 Å². The van der Waals surface area contributed by atoms with Crippen LogP contribution in [0.25, 0.3) is 0 Å². The molecule has 1 aliphatic rings. The molecule has 0 unspecified atom stereocenters. The maximum absolute atomic E-state index is 12.8. The monoisotopic (exact) mass is 444 g/mol. The number of benzene rings is 2. The molecule has 1 amide bonds. The summed E-state index contributed by atoms with van der Waals surface area (Å²) in [5, 5.41) is 3.29. The Labute approximate surface area is 173 Å². The minimum absolute atomic E-state index is 0.284. The molecule has 28 heavy (non-hydrogen) atoms. The quantitative estimate of drug-likeness (QED) is 0.761. The normalized spacial score (nSPS) is 14.3. The molecule has 0 radical (unpaired) electrons. The predicted molar refractivity (Wildman–Crippen MR) is 109 cm³/mol. The first-order chi connectivity index (χ1) is 13.2. The van der Waals surface area contributed by atoms with Crippen LogP contribution in [0.2, 0.25) is 10.0 Å². The lowest BCUT2D eigenvalue weighted by Crippen LogP contribution is -2.45. The van der Waals surface area contributed by atoms with Gasteiger partial charge in [0, 0.05) is 11.1 Å². The Morgan fingerprint density at radius 1 is 1.11 bits per heavy atom. The van der Waals surface area contributed by atoms with Crippen molar-refractivity contribution in [3.8, 4) is 11.5 Å². The van der Waals surface area contributed by atoms with Crippen molar-refractivity contribution in [3.63, 3.8) is 0 Å². The third-order valence-corrected chi connectivity index (χ3v) is 5.86. The van der Waals surface area contributed by atoms with Crippen LogP contribution in [0.4, 0.5) is 11.4 Å². The Bertz CT molecular complexity index is 1010. The number of halogens is 2. The fourth-order valence-corrected chi connectivity index (χ4v) is 4.31. The highest BCUT2D eigenvalue weighted by molar-refractivity contribution is 7.92. The number of amides is 1. The Hall–Kier alpha value is -2.16. The van der Waals surface area contributed by atoms with Gasteiger partial charge in [-0.25, -0.2) is 8.42 Å². The molecule has 0 aromatic heterocycles. The zero-order valence-electron chi connectivity index (χ0n) is 15.1. The molecule has 2 aromatic rings. The van der Waals surface area contributed by atoms with Gasteiger partial charge < -0.3 is 14.8 Å². The van der Waals surface area contributed by atoms with Crippen LogP contribution >= 0.6 is 23.2 Å². The summed E-state index contributed by atoms with van der Waals surface area (Å²) in [6.07, 6.45) is 1.03. The number of nitrogens with zero attached hydrogens (tertiary/aromatic N) is 1. The number of anilines is 2. The Morgan fingerprint density at radius 2 is 1.79 bits per heavy atom. The Kier molecular flexibility index (Phi) is 5.92. The van der Waals surface area contributed by atoms with Crippen molar-refractivity contribution in [1.29, 1.82) is 0 Å². The van der Waals surface area contributed by atoms with Crippen LogP contribution in [0, 0.1) is 0 Å². The van der Waals surface area contributed by atoms with Crippen LogP contribution in [0.15, 0.2) is 36.4 Å². The third kappa shape index (κ3) is 4.45. The van der Waals surface area contributed by atoms with Gasteiger partial charge in [-0.1, -0.05) is 23.2 Å². The standard InChI is InChI=1S/C18H18Cl2N2O5S/c1-11(18(23)21-15-9-12(19)3-5-14(15)20)22(28(2,24)25)13-4-6-16-17(10-13)27-8-7-26-16/h3-6,9-11H,7-8H2,1-2H3,(H,21,23)/t11-/m1/s1. The van der Waals surface area contributed by atoms with Gasteiger partial charge in [-0.3, -0.25) is 9.10 Å². The van der Waals surface area contributed by atoms with Crippen molar-refractivity contribution in [3.05, 3.63) is 46.4 Å². The smallest absolute Gasteiger partial charge is 0.248 e. The van der Waals surface area contributed by atoms with Crippen LogP contribution in [-0.2, 0) is 14.8 Å². The zero-order chi connectivity index (χ0) is 20.5. The number of hydrogen-bond acceptors (Lipinski definition) is 5. The van der Waals surface area contributed by atoms with Crippen molar-refractivity contribution in [2.75, 3.05) is 29.1 Å². The highest BCUT2D eigenvalue weighted by Crippen LogP contribution is 2.35. The SMILES string of the molecule is C[C@H](C(=O)Nc1cc(Cl)ccc1Cl)N(c1ccc2c(c1)OCCO2)S(C)(=O)=O. The van der Waals surface area contributed by atoms with E-state index >= 15 is 0 Å². The minimum Gasteiger partial charge on any atom is -0.486 e. The predicted octanol–water partition coefficient (Wildman–Crippen LogP) is 3.56. The number of rotatable bonds is 5. The summed E-state index contributed by atoms with van der Waals surface area (Å²) in [6.45, 7) is 2.26. The number of ether oxygens (including phenoxy) is 2. The summed E-state index contributed by atoms with van der Waals surface area (Å²) in [4.78, 5) is 12.8. The number of carbonyl (C=O) groups excluding carboxylic acids is 1. The molecule has 1 N–H and O–H groups in total. The molecular weight excluding hydrogens is 427 g/mol. The molecule has 2 aromatic carbocycles. The van der Waals surface area contributed by atoms with E-state index in [0.29, 0.717) is 35.4 Å². The third-order valence-electron chi connectivity index (χ3n) is 4.06. The van der Waals surface area contributed by atoms with E-state index in [1.807, 2.05) is 0 Å². The fourth-order valence-electron chi connectivity index (χ4n) is 2.81. The van der Waals surface area contributed by atoms with Crippen LogP contribution in [0.5, 0.6) is 11.5 Å². The molecule has 0 aliphatic carbocycles. The Balaban J connectivity index is 1.91. The summed E-state index contributed by atoms with van der Waals surface area (Å²) < 4.78 is 36.9. The second kappa shape index (κ2) is 8.06. The van der Waals surface area contributed by atoms with Gasteiger partial charge in [0.05, 0.1) is 22.7 Å². The second-order valence-electron chi connectivity index (χ2n) is 6.18. The van der Waals surface area contributed by atoms with E-state index in [-0.39, 0.29) is 10.7 Å². The van der Waals surface area contributed by atoms with Gasteiger partial charge in [0.1, 0.15) is 19.3 Å². The van der Waals surface area contributed by atoms with Crippen molar-refractivity contribution in [1.82, 2.24) is 0 Å². The van der Waals surface area contributed by atoms with E-state index in [0.717, 1.165) is 10.6 Å². The number of sulfonamides is 1. The van der Waals surface area contributed by atoms with Gasteiger partial charge >= 0.3 is 0 Å². The topological polar surface area (TPSA) is 84.9 Å². The number of hydrogen-bond donors (Lipinski definition) is 1. The average Bonchev–Trinajstić information content (AvgIpc) is 2.63. The zero-order valence-corrected chi connectivity index (χ0v) is 17.4. The molecule has 1 heterocycles. The molecule has 0 saturated carbocycles. The van der Waals surface area contributed by atoms with E-state index in [1.165, 1.54) is 19.1 Å². The molecule has 0 fully saturated rings. The van der Waals surface area contributed by atoms with Gasteiger partial charge in [0.25, 0.3) is 0 Å². The van der Waals surface area contributed by atoms with Gasteiger partial charge in [-0.05, 0) is 37.3 Å². The van der Waals surface area contributed by atoms with Crippen LogP contribution < -0.4 is 19.1 Å².